The second-order valence-corrected chi connectivity index (χ2v) is 19.1. The predicted octanol–water partition coefficient (Wildman–Crippen LogP) is 6.68. The molecule has 4 saturated heterocycles. The van der Waals surface area contributed by atoms with Gasteiger partial charge in [0.2, 0.25) is 0 Å². The molecule has 0 saturated carbocycles. The van der Waals surface area contributed by atoms with Gasteiger partial charge in [-0.15, -0.1) is 0 Å². The number of nitrogens with zero attached hydrogens (tertiary/aromatic N) is 4. The van der Waals surface area contributed by atoms with Crippen LogP contribution >= 0.6 is 23.5 Å². The first-order valence-electron chi connectivity index (χ1n) is 15.6. The standard InChI is InChI=1S/2C16H30N2OS/c2*1-14(2,3)17-11-8-16(9-12-17)18(15(4,5)6)10-7-13(19)20-16/h2*7-12H2,1-6H3. The number of rotatable bonds is 0. The lowest BCUT2D eigenvalue weighted by molar-refractivity contribution is -0.114. The lowest BCUT2D eigenvalue weighted by atomic mass is 9.92. The zero-order valence-electron chi connectivity index (χ0n) is 27.9. The maximum absolute atomic E-state index is 12.0. The quantitative estimate of drug-likeness (QED) is 0.307. The number of hydrogen-bond acceptors (Lipinski definition) is 8. The van der Waals surface area contributed by atoms with Crippen molar-refractivity contribution in [3.63, 3.8) is 0 Å². The first-order valence-corrected chi connectivity index (χ1v) is 17.2. The maximum atomic E-state index is 12.0. The van der Waals surface area contributed by atoms with E-state index in [0.29, 0.717) is 23.1 Å². The molecule has 0 aromatic heterocycles. The highest BCUT2D eigenvalue weighted by molar-refractivity contribution is 8.15. The van der Waals surface area contributed by atoms with Crippen LogP contribution in [0, 0.1) is 0 Å². The van der Waals surface area contributed by atoms with E-state index in [1.165, 1.54) is 0 Å². The van der Waals surface area contributed by atoms with Crippen molar-refractivity contribution in [1.29, 1.82) is 0 Å². The molecule has 2 spiro atoms. The summed E-state index contributed by atoms with van der Waals surface area (Å²) in [6.45, 7) is 33.6. The van der Waals surface area contributed by atoms with Crippen LogP contribution in [0.2, 0.25) is 0 Å². The summed E-state index contributed by atoms with van der Waals surface area (Å²) in [7, 11) is 0. The molecule has 0 atom stereocenters. The van der Waals surface area contributed by atoms with Crippen molar-refractivity contribution in [1.82, 2.24) is 19.6 Å². The highest BCUT2D eigenvalue weighted by Gasteiger charge is 2.50. The Morgan fingerprint density at radius 1 is 0.475 bits per heavy atom. The van der Waals surface area contributed by atoms with Crippen LogP contribution in [0.1, 0.15) is 122 Å². The molecule has 232 valence electrons. The lowest BCUT2D eigenvalue weighted by Crippen LogP contribution is -2.63. The molecule has 4 rings (SSSR count). The minimum absolute atomic E-state index is 0.0370. The number of carbonyl (C=O) groups is 2. The average molecular weight is 597 g/mol. The summed E-state index contributed by atoms with van der Waals surface area (Å²) in [5.74, 6) is 0. The number of hydrogen-bond donors (Lipinski definition) is 0. The molecule has 0 unspecified atom stereocenters. The fourth-order valence-corrected chi connectivity index (χ4v) is 10.1. The van der Waals surface area contributed by atoms with Gasteiger partial charge in [0, 0.05) is 74.3 Å². The van der Waals surface area contributed by atoms with Crippen molar-refractivity contribution in [2.75, 3.05) is 39.3 Å². The van der Waals surface area contributed by atoms with E-state index < -0.39 is 0 Å². The maximum Gasteiger partial charge on any atom is 0.192 e. The van der Waals surface area contributed by atoms with Gasteiger partial charge in [0.1, 0.15) is 0 Å². The molecule has 0 N–H and O–H groups in total. The lowest BCUT2D eigenvalue weighted by Gasteiger charge is -2.56. The normalized spacial score (nSPS) is 26.2. The Morgan fingerprint density at radius 3 is 0.975 bits per heavy atom. The van der Waals surface area contributed by atoms with Gasteiger partial charge in [-0.1, -0.05) is 23.5 Å². The molecule has 4 heterocycles. The second kappa shape index (κ2) is 12.1. The molecule has 4 fully saturated rings. The van der Waals surface area contributed by atoms with Gasteiger partial charge in [-0.2, -0.15) is 0 Å². The van der Waals surface area contributed by atoms with Crippen LogP contribution in [-0.4, -0.2) is 101 Å². The van der Waals surface area contributed by atoms with Crippen LogP contribution in [0.25, 0.3) is 0 Å². The Morgan fingerprint density at radius 2 is 0.750 bits per heavy atom. The van der Waals surface area contributed by atoms with Gasteiger partial charge in [-0.25, -0.2) is 0 Å². The zero-order valence-corrected chi connectivity index (χ0v) is 29.5. The Labute approximate surface area is 255 Å². The number of likely N-dealkylation sites (tertiary alicyclic amines) is 2. The van der Waals surface area contributed by atoms with E-state index in [1.807, 2.05) is 0 Å². The van der Waals surface area contributed by atoms with Gasteiger partial charge in [0.05, 0.1) is 9.74 Å². The summed E-state index contributed by atoms with van der Waals surface area (Å²) in [6, 6.07) is 0. The number of thioether (sulfide) groups is 2. The summed E-state index contributed by atoms with van der Waals surface area (Å²) in [5, 5.41) is 0.768. The minimum Gasteiger partial charge on any atom is -0.298 e. The molecule has 0 radical (unpaired) electrons. The van der Waals surface area contributed by atoms with Gasteiger partial charge in [-0.3, -0.25) is 29.2 Å². The van der Waals surface area contributed by atoms with Gasteiger partial charge in [-0.05, 0) is 109 Å². The summed E-state index contributed by atoms with van der Waals surface area (Å²) < 4.78 is 0. The summed E-state index contributed by atoms with van der Waals surface area (Å²) in [6.07, 6.45) is 5.78. The van der Waals surface area contributed by atoms with Gasteiger partial charge in [0.25, 0.3) is 0 Å². The summed E-state index contributed by atoms with van der Waals surface area (Å²) in [4.78, 5) is 34.4. The monoisotopic (exact) mass is 596 g/mol. The van der Waals surface area contributed by atoms with Gasteiger partial charge < -0.3 is 0 Å². The van der Waals surface area contributed by atoms with E-state index in [0.717, 1.165) is 65.0 Å². The van der Waals surface area contributed by atoms with E-state index >= 15 is 0 Å². The van der Waals surface area contributed by atoms with Crippen molar-refractivity contribution < 1.29 is 9.59 Å². The molecule has 8 heteroatoms. The SMILES string of the molecule is CC(C)(C)N1CCC2(CC1)SC(=O)CCN2C(C)(C)C.CC(C)(C)N1CCC2(CC1)SC(=O)CCN2C(C)(C)C. The highest BCUT2D eigenvalue weighted by Crippen LogP contribution is 2.48. The fraction of sp³-hybridized carbons (Fsp3) is 0.938. The highest BCUT2D eigenvalue weighted by atomic mass is 32.2. The largest absolute Gasteiger partial charge is 0.298 e. The Balaban J connectivity index is 0.000000220. The van der Waals surface area contributed by atoms with Crippen molar-refractivity contribution in [3.05, 3.63) is 0 Å². The minimum atomic E-state index is 0.0370. The Kier molecular flexibility index (Phi) is 10.4. The molecule has 4 aliphatic heterocycles. The third kappa shape index (κ3) is 8.07. The van der Waals surface area contributed by atoms with Crippen LogP contribution < -0.4 is 0 Å². The molecular weight excluding hydrogens is 537 g/mol. The molecule has 6 nitrogen and oxygen atoms in total. The van der Waals surface area contributed by atoms with Crippen molar-refractivity contribution >= 4 is 33.8 Å². The number of carbonyl (C=O) groups excluding carboxylic acids is 2. The third-order valence-corrected chi connectivity index (χ3v) is 12.2. The van der Waals surface area contributed by atoms with E-state index in [1.54, 1.807) is 23.5 Å². The summed E-state index contributed by atoms with van der Waals surface area (Å²) in [5.41, 5.74) is 0.740. The first kappa shape index (κ1) is 34.4. The van der Waals surface area contributed by atoms with E-state index in [2.05, 4.69) is 103 Å². The molecule has 40 heavy (non-hydrogen) atoms. The molecule has 0 aromatic carbocycles. The number of piperidine rings is 2. The first-order chi connectivity index (χ1) is 18.1. The van der Waals surface area contributed by atoms with Crippen LogP contribution in [0.5, 0.6) is 0 Å². The molecular formula is C32H60N4O2S2. The van der Waals surface area contributed by atoms with Gasteiger partial charge in [0.15, 0.2) is 10.2 Å². The van der Waals surface area contributed by atoms with Crippen LogP contribution in [0.15, 0.2) is 0 Å². The summed E-state index contributed by atoms with van der Waals surface area (Å²) >= 11 is 3.24. The van der Waals surface area contributed by atoms with Crippen LogP contribution in [0.4, 0.5) is 0 Å². The van der Waals surface area contributed by atoms with E-state index in [9.17, 15) is 9.59 Å². The van der Waals surface area contributed by atoms with Crippen molar-refractivity contribution in [2.24, 2.45) is 0 Å². The Hall–Kier alpha value is -0.120. The smallest absolute Gasteiger partial charge is 0.192 e. The zero-order chi connectivity index (χ0) is 30.4. The van der Waals surface area contributed by atoms with E-state index in [4.69, 9.17) is 0 Å². The molecule has 0 aromatic rings. The topological polar surface area (TPSA) is 47.1 Å². The molecule has 4 aliphatic rings. The molecule has 0 aliphatic carbocycles. The molecule has 0 amide bonds. The van der Waals surface area contributed by atoms with Crippen molar-refractivity contribution in [3.8, 4) is 0 Å². The van der Waals surface area contributed by atoms with Crippen LogP contribution in [-0.2, 0) is 9.59 Å². The van der Waals surface area contributed by atoms with Crippen LogP contribution in [0.3, 0.4) is 0 Å². The predicted molar refractivity (Wildman–Crippen MR) is 174 cm³/mol. The van der Waals surface area contributed by atoms with Gasteiger partial charge >= 0.3 is 0 Å². The van der Waals surface area contributed by atoms with E-state index in [-0.39, 0.29) is 31.9 Å². The fourth-order valence-electron chi connectivity index (χ4n) is 7.14. The second-order valence-electron chi connectivity index (χ2n) is 16.3. The molecule has 0 bridgehead atoms. The van der Waals surface area contributed by atoms with Crippen molar-refractivity contribution in [2.45, 2.75) is 154 Å². The third-order valence-electron chi connectivity index (χ3n) is 9.28. The Bertz CT molecular complexity index is 820. The average Bonchev–Trinajstić information content (AvgIpc) is 2.77.